The Labute approximate surface area is 119 Å². The first-order valence-corrected chi connectivity index (χ1v) is 7.44. The van der Waals surface area contributed by atoms with Crippen LogP contribution in [0.4, 0.5) is 0 Å². The largest absolute Gasteiger partial charge is 0.393 e. The number of imidazole rings is 1. The van der Waals surface area contributed by atoms with Gasteiger partial charge in [-0.2, -0.15) is 0 Å². The number of H-pyrrole nitrogens is 1. The number of rotatable bonds is 5. The Morgan fingerprint density at radius 1 is 1.45 bits per heavy atom. The Hall–Kier alpha value is -1.54. The van der Waals surface area contributed by atoms with Crippen molar-refractivity contribution in [2.45, 2.75) is 38.1 Å². The van der Waals surface area contributed by atoms with E-state index in [0.29, 0.717) is 28.6 Å². The maximum absolute atomic E-state index is 12.0. The van der Waals surface area contributed by atoms with E-state index < -0.39 is 17.4 Å². The van der Waals surface area contributed by atoms with Gasteiger partial charge in [-0.05, 0) is 13.3 Å². The summed E-state index contributed by atoms with van der Waals surface area (Å²) in [6, 6.07) is 0. The molecule has 0 saturated carbocycles. The minimum absolute atomic E-state index is 0.375. The molecular formula is C12H18N4O3S. The van der Waals surface area contributed by atoms with E-state index in [9.17, 15) is 14.7 Å². The predicted molar refractivity (Wildman–Crippen MR) is 78.3 cm³/mol. The number of nitrogens with one attached hydrogen (secondary N) is 1. The Kier molecular flexibility index (Phi) is 4.34. The number of thioether (sulfide) groups is 1. The van der Waals surface area contributed by atoms with Gasteiger partial charge in [0.25, 0.3) is 5.56 Å². The lowest BCUT2D eigenvalue weighted by Gasteiger charge is -2.07. The Bertz CT molecular complexity index is 729. The zero-order valence-electron chi connectivity index (χ0n) is 11.7. The van der Waals surface area contributed by atoms with Crippen molar-refractivity contribution in [3.8, 4) is 0 Å². The Balaban J connectivity index is 2.66. The average molecular weight is 298 g/mol. The van der Waals surface area contributed by atoms with E-state index in [2.05, 4.69) is 9.97 Å². The molecule has 0 aliphatic heterocycles. The standard InChI is InChI=1S/C12H18N4O3S/c1-4-5-16-8-9(13-12(16)20-6-7(2)17)15(3)11(19)14-10(8)18/h7,17H,4-6H2,1-3H3,(H,14,18,19)/t7-/m0/s1. The van der Waals surface area contributed by atoms with Crippen molar-refractivity contribution in [2.75, 3.05) is 5.75 Å². The van der Waals surface area contributed by atoms with Gasteiger partial charge in [0.05, 0.1) is 6.10 Å². The number of hydrogen-bond donors (Lipinski definition) is 2. The highest BCUT2D eigenvalue weighted by Crippen LogP contribution is 2.22. The van der Waals surface area contributed by atoms with Crippen molar-refractivity contribution in [1.29, 1.82) is 0 Å². The van der Waals surface area contributed by atoms with Crippen molar-refractivity contribution in [1.82, 2.24) is 19.1 Å². The number of aromatic nitrogens is 4. The lowest BCUT2D eigenvalue weighted by atomic mass is 10.4. The van der Waals surface area contributed by atoms with Crippen LogP contribution in [-0.4, -0.2) is 36.1 Å². The molecule has 2 aromatic heterocycles. The molecule has 0 aromatic carbocycles. The fraction of sp³-hybridized carbons (Fsp3) is 0.583. The summed E-state index contributed by atoms with van der Waals surface area (Å²) >= 11 is 1.38. The second-order valence-electron chi connectivity index (χ2n) is 4.70. The third kappa shape index (κ3) is 2.66. The van der Waals surface area contributed by atoms with Gasteiger partial charge < -0.3 is 9.67 Å². The normalized spacial score (nSPS) is 13.0. The van der Waals surface area contributed by atoms with E-state index in [-0.39, 0.29) is 0 Å². The number of aryl methyl sites for hydroxylation is 2. The van der Waals surface area contributed by atoms with E-state index in [4.69, 9.17) is 0 Å². The molecule has 0 amide bonds. The van der Waals surface area contributed by atoms with Crippen LogP contribution in [0.15, 0.2) is 14.7 Å². The molecule has 7 nitrogen and oxygen atoms in total. The van der Waals surface area contributed by atoms with Crippen LogP contribution in [0.3, 0.4) is 0 Å². The molecule has 2 N–H and O–H groups in total. The molecule has 0 bridgehead atoms. The van der Waals surface area contributed by atoms with Crippen LogP contribution in [0, 0.1) is 0 Å². The van der Waals surface area contributed by atoms with Gasteiger partial charge in [-0.25, -0.2) is 9.78 Å². The summed E-state index contributed by atoms with van der Waals surface area (Å²) in [4.78, 5) is 30.3. The number of aliphatic hydroxyl groups is 1. The fourth-order valence-electron chi connectivity index (χ4n) is 1.95. The van der Waals surface area contributed by atoms with E-state index in [0.717, 1.165) is 6.42 Å². The summed E-state index contributed by atoms with van der Waals surface area (Å²) in [5.74, 6) is 0.485. The van der Waals surface area contributed by atoms with Gasteiger partial charge in [-0.3, -0.25) is 14.3 Å². The molecule has 2 aromatic rings. The molecule has 1 atom stereocenters. The lowest BCUT2D eigenvalue weighted by molar-refractivity contribution is 0.220. The molecule has 0 unspecified atom stereocenters. The quantitative estimate of drug-likeness (QED) is 0.775. The van der Waals surface area contributed by atoms with E-state index >= 15 is 0 Å². The minimum atomic E-state index is -0.476. The number of hydrogen-bond acceptors (Lipinski definition) is 5. The van der Waals surface area contributed by atoms with Gasteiger partial charge in [0.2, 0.25) is 0 Å². The van der Waals surface area contributed by atoms with Crippen molar-refractivity contribution in [3.63, 3.8) is 0 Å². The molecule has 0 spiro atoms. The Morgan fingerprint density at radius 2 is 2.15 bits per heavy atom. The molecule has 110 valence electrons. The van der Waals surface area contributed by atoms with Crippen LogP contribution in [-0.2, 0) is 13.6 Å². The summed E-state index contributed by atoms with van der Waals surface area (Å²) in [6.45, 7) is 4.34. The topological polar surface area (TPSA) is 92.9 Å². The van der Waals surface area contributed by atoms with E-state index in [1.807, 2.05) is 6.92 Å². The molecule has 2 heterocycles. The fourth-order valence-corrected chi connectivity index (χ4v) is 2.83. The van der Waals surface area contributed by atoms with Gasteiger partial charge >= 0.3 is 5.69 Å². The highest BCUT2D eigenvalue weighted by Gasteiger charge is 2.17. The maximum atomic E-state index is 12.0. The van der Waals surface area contributed by atoms with Gasteiger partial charge in [0.1, 0.15) is 0 Å². The smallest absolute Gasteiger partial charge is 0.329 e. The molecule has 0 aliphatic carbocycles. The highest BCUT2D eigenvalue weighted by molar-refractivity contribution is 7.99. The van der Waals surface area contributed by atoms with Gasteiger partial charge in [-0.15, -0.1) is 0 Å². The Morgan fingerprint density at radius 3 is 2.75 bits per heavy atom. The van der Waals surface area contributed by atoms with Crippen molar-refractivity contribution in [2.24, 2.45) is 7.05 Å². The summed E-state index contributed by atoms with van der Waals surface area (Å²) in [6.07, 6.45) is 0.382. The maximum Gasteiger partial charge on any atom is 0.329 e. The average Bonchev–Trinajstić information content (AvgIpc) is 2.74. The van der Waals surface area contributed by atoms with Crippen molar-refractivity contribution in [3.05, 3.63) is 20.8 Å². The minimum Gasteiger partial charge on any atom is -0.393 e. The van der Waals surface area contributed by atoms with Crippen LogP contribution in [0.25, 0.3) is 11.2 Å². The van der Waals surface area contributed by atoms with Gasteiger partial charge in [0.15, 0.2) is 16.3 Å². The molecule has 20 heavy (non-hydrogen) atoms. The summed E-state index contributed by atoms with van der Waals surface area (Å²) in [7, 11) is 1.58. The number of aliphatic hydroxyl groups excluding tert-OH is 1. The zero-order chi connectivity index (χ0) is 14.9. The van der Waals surface area contributed by atoms with Crippen LogP contribution in [0.1, 0.15) is 20.3 Å². The van der Waals surface area contributed by atoms with Crippen LogP contribution in [0.5, 0.6) is 0 Å². The monoisotopic (exact) mass is 298 g/mol. The van der Waals surface area contributed by atoms with Crippen LogP contribution >= 0.6 is 11.8 Å². The van der Waals surface area contributed by atoms with Crippen molar-refractivity contribution >= 4 is 22.9 Å². The molecule has 0 radical (unpaired) electrons. The molecule has 0 aliphatic rings. The van der Waals surface area contributed by atoms with Gasteiger partial charge in [-0.1, -0.05) is 18.7 Å². The van der Waals surface area contributed by atoms with Crippen LogP contribution < -0.4 is 11.2 Å². The lowest BCUT2D eigenvalue weighted by Crippen LogP contribution is -2.29. The van der Waals surface area contributed by atoms with Crippen LogP contribution in [0.2, 0.25) is 0 Å². The highest BCUT2D eigenvalue weighted by atomic mass is 32.2. The first-order chi connectivity index (χ1) is 9.45. The van der Waals surface area contributed by atoms with Crippen molar-refractivity contribution < 1.29 is 5.11 Å². The number of aromatic amines is 1. The molecular weight excluding hydrogens is 280 g/mol. The second kappa shape index (κ2) is 5.84. The first kappa shape index (κ1) is 14.9. The second-order valence-corrected chi connectivity index (χ2v) is 5.68. The summed E-state index contributed by atoms with van der Waals surface area (Å²) in [5.41, 5.74) is -0.119. The molecule has 2 rings (SSSR count). The third-order valence-electron chi connectivity index (χ3n) is 2.87. The number of fused-ring (bicyclic) bond motifs is 1. The molecule has 8 heteroatoms. The zero-order valence-corrected chi connectivity index (χ0v) is 12.5. The van der Waals surface area contributed by atoms with E-state index in [1.165, 1.54) is 16.3 Å². The SMILES string of the molecule is CCCn1c(SC[C@H](C)O)nc2c1c(=O)[nH]c(=O)n2C. The molecule has 0 saturated heterocycles. The summed E-state index contributed by atoms with van der Waals surface area (Å²) in [5, 5.41) is 10.0. The number of nitrogens with zero attached hydrogens (tertiary/aromatic N) is 3. The predicted octanol–water partition coefficient (Wildman–Crippen LogP) is 0.306. The third-order valence-corrected chi connectivity index (χ3v) is 4.09. The van der Waals surface area contributed by atoms with Gasteiger partial charge in [0, 0.05) is 19.3 Å². The first-order valence-electron chi connectivity index (χ1n) is 6.46. The summed E-state index contributed by atoms with van der Waals surface area (Å²) < 4.78 is 3.13. The van der Waals surface area contributed by atoms with E-state index in [1.54, 1.807) is 18.5 Å². The molecule has 0 fully saturated rings.